The maximum Gasteiger partial charge on any atom is 0.421 e. The normalized spacial score (nSPS) is 13.3. The second-order valence-electron chi connectivity index (χ2n) is 10.3. The molecule has 14 heteroatoms. The van der Waals surface area contributed by atoms with E-state index < -0.39 is 46.0 Å². The molecule has 44 heavy (non-hydrogen) atoms. The van der Waals surface area contributed by atoms with Gasteiger partial charge < -0.3 is 14.2 Å². The van der Waals surface area contributed by atoms with Crippen LogP contribution in [0, 0.1) is 6.07 Å². The first-order valence-electron chi connectivity index (χ1n) is 14.0. The number of rotatable bonds is 13. The van der Waals surface area contributed by atoms with Gasteiger partial charge in [-0.15, -0.1) is 0 Å². The summed E-state index contributed by atoms with van der Waals surface area (Å²) in [5.74, 6) is -0.217. The van der Waals surface area contributed by atoms with Crippen molar-refractivity contribution in [3.8, 4) is 0 Å². The molecule has 1 aromatic heterocycles. The van der Waals surface area contributed by atoms with Gasteiger partial charge >= 0.3 is 12.3 Å². The third-order valence-electron chi connectivity index (χ3n) is 6.91. The van der Waals surface area contributed by atoms with Crippen molar-refractivity contribution in [2.75, 3.05) is 18.6 Å². The summed E-state index contributed by atoms with van der Waals surface area (Å²) in [6.45, 7) is 4.46. The molecule has 3 aromatic rings. The zero-order chi connectivity index (χ0) is 32.7. The predicted octanol–water partition coefficient (Wildman–Crippen LogP) is 6.12. The molecule has 1 radical (unpaired) electrons. The van der Waals surface area contributed by atoms with Gasteiger partial charge in [-0.2, -0.15) is 13.2 Å². The molecule has 0 spiro atoms. The number of nitrogens with zero attached hydrogens (tertiary/aromatic N) is 3. The number of carbonyl (C=O) groups excluding carboxylic acids is 2. The highest BCUT2D eigenvalue weighted by atomic mass is 32.2. The van der Waals surface area contributed by atoms with Crippen LogP contribution in [0.1, 0.15) is 67.6 Å². The van der Waals surface area contributed by atoms with Gasteiger partial charge in [-0.25, -0.2) is 27.3 Å². The van der Waals surface area contributed by atoms with Gasteiger partial charge in [0.15, 0.2) is 0 Å². The van der Waals surface area contributed by atoms with Gasteiger partial charge in [0.25, 0.3) is 15.9 Å². The molecule has 0 aliphatic heterocycles. The number of aryl methyl sites for hydroxylation is 2. The number of alkyl halides is 4. The summed E-state index contributed by atoms with van der Waals surface area (Å²) < 4.78 is 89.4. The van der Waals surface area contributed by atoms with Crippen LogP contribution in [0.2, 0.25) is 0 Å². The van der Waals surface area contributed by atoms with Gasteiger partial charge in [0.1, 0.15) is 17.2 Å². The maximum atomic E-state index is 15.6. The van der Waals surface area contributed by atoms with Crippen molar-refractivity contribution in [1.29, 1.82) is 0 Å². The van der Waals surface area contributed by atoms with E-state index in [9.17, 15) is 31.2 Å². The second-order valence-corrected chi connectivity index (χ2v) is 12.0. The number of halogens is 4. The van der Waals surface area contributed by atoms with E-state index in [2.05, 4.69) is 11.1 Å². The number of benzene rings is 2. The van der Waals surface area contributed by atoms with Crippen molar-refractivity contribution < 1.29 is 40.3 Å². The SMILES string of the molecule is CCCc1nc(CC)c(C(=O)N(C)c2ccccc2C(F)(F)F)n1CCC(C)(F)CCOC(=O)NS(=O)(=O)c1[c]cccc1. The van der Waals surface area contributed by atoms with Crippen LogP contribution in [0.3, 0.4) is 0 Å². The number of sulfonamides is 1. The van der Waals surface area contributed by atoms with Gasteiger partial charge in [0.05, 0.1) is 28.4 Å². The van der Waals surface area contributed by atoms with Crippen molar-refractivity contribution in [3.63, 3.8) is 0 Å². The van der Waals surface area contributed by atoms with Gasteiger partial charge in [-0.3, -0.25) is 4.79 Å². The number of imidazole rings is 1. The zero-order valence-electron chi connectivity index (χ0n) is 24.9. The van der Waals surface area contributed by atoms with Gasteiger partial charge in [-0.05, 0) is 44.4 Å². The molecule has 1 atom stereocenters. The lowest BCUT2D eigenvalue weighted by atomic mass is 10.0. The number of hydrogen-bond acceptors (Lipinski definition) is 6. The molecule has 0 saturated heterocycles. The van der Waals surface area contributed by atoms with Crippen LogP contribution in [-0.4, -0.2) is 49.3 Å². The Morgan fingerprint density at radius 2 is 1.75 bits per heavy atom. The summed E-state index contributed by atoms with van der Waals surface area (Å²) in [5.41, 5.74) is -2.77. The maximum absolute atomic E-state index is 15.6. The summed E-state index contributed by atoms with van der Waals surface area (Å²) in [6, 6.07) is 12.8. The minimum absolute atomic E-state index is 0.0322. The molecule has 1 unspecified atom stereocenters. The van der Waals surface area contributed by atoms with Crippen LogP contribution in [0.25, 0.3) is 0 Å². The average molecular weight is 640 g/mol. The Morgan fingerprint density at radius 3 is 2.36 bits per heavy atom. The van der Waals surface area contributed by atoms with E-state index in [4.69, 9.17) is 4.74 Å². The first-order chi connectivity index (χ1) is 20.6. The van der Waals surface area contributed by atoms with E-state index in [0.717, 1.165) is 11.0 Å². The first-order valence-corrected chi connectivity index (χ1v) is 15.5. The summed E-state index contributed by atoms with van der Waals surface area (Å²) >= 11 is 0. The van der Waals surface area contributed by atoms with Crippen LogP contribution < -0.4 is 9.62 Å². The molecule has 0 saturated carbocycles. The Morgan fingerprint density at radius 1 is 1.07 bits per heavy atom. The van der Waals surface area contributed by atoms with Gasteiger partial charge in [0, 0.05) is 32.5 Å². The minimum atomic E-state index is -4.69. The van der Waals surface area contributed by atoms with E-state index in [1.165, 1.54) is 50.4 Å². The highest BCUT2D eigenvalue weighted by Crippen LogP contribution is 2.37. The second kappa shape index (κ2) is 14.2. The fraction of sp³-hybridized carbons (Fsp3) is 0.433. The number of aromatic nitrogens is 2. The van der Waals surface area contributed by atoms with Crippen molar-refractivity contribution in [3.05, 3.63) is 77.4 Å². The molecule has 0 fully saturated rings. The quantitative estimate of drug-likeness (QED) is 0.226. The minimum Gasteiger partial charge on any atom is -0.449 e. The molecule has 0 aliphatic rings. The molecule has 9 nitrogen and oxygen atoms in total. The van der Waals surface area contributed by atoms with Crippen LogP contribution in [0.4, 0.5) is 28.0 Å². The number of hydrogen-bond donors (Lipinski definition) is 1. The molecular weight excluding hydrogens is 604 g/mol. The van der Waals surface area contributed by atoms with Crippen molar-refractivity contribution in [1.82, 2.24) is 14.3 Å². The Balaban J connectivity index is 1.75. The number of ether oxygens (including phenoxy) is 1. The molecule has 1 N–H and O–H groups in total. The summed E-state index contributed by atoms with van der Waals surface area (Å²) in [6.07, 6.45) is -5.00. The summed E-state index contributed by atoms with van der Waals surface area (Å²) in [7, 11) is -2.96. The highest BCUT2D eigenvalue weighted by molar-refractivity contribution is 7.90. The molecule has 1 heterocycles. The largest absolute Gasteiger partial charge is 0.449 e. The Hall–Kier alpha value is -3.94. The van der Waals surface area contributed by atoms with Crippen molar-refractivity contribution >= 4 is 27.7 Å². The molecule has 2 aromatic carbocycles. The van der Waals surface area contributed by atoms with Crippen LogP contribution in [-0.2, 0) is 40.3 Å². The lowest BCUT2D eigenvalue weighted by Gasteiger charge is -2.25. The molecule has 3 rings (SSSR count). The predicted molar refractivity (Wildman–Crippen MR) is 155 cm³/mol. The third-order valence-corrected chi connectivity index (χ3v) is 8.17. The van der Waals surface area contributed by atoms with Gasteiger partial charge in [0.2, 0.25) is 0 Å². The number of para-hydroxylation sites is 1. The van der Waals surface area contributed by atoms with Crippen LogP contribution in [0.5, 0.6) is 0 Å². The van der Waals surface area contributed by atoms with Gasteiger partial charge in [-0.1, -0.05) is 44.2 Å². The standard InChI is InChI=1S/C30H35F4N4O5S/c1-5-12-25-35-23(6-2)26(27(39)37(4)24-16-11-10-15-22(24)30(32,33)34)38(25)19-17-29(3,31)18-20-43-28(40)36-44(41,42)21-13-8-7-9-14-21/h7-11,13,15-16H,5-6,12,17-20H2,1-4H3,(H,36,40). The van der Waals surface area contributed by atoms with E-state index in [1.54, 1.807) is 22.3 Å². The monoisotopic (exact) mass is 639 g/mol. The summed E-state index contributed by atoms with van der Waals surface area (Å²) in [4.78, 5) is 31.0. The van der Waals surface area contributed by atoms with Crippen molar-refractivity contribution in [2.45, 2.75) is 76.2 Å². The Kier molecular flexibility index (Phi) is 11.2. The molecule has 2 amide bonds. The lowest BCUT2D eigenvalue weighted by molar-refractivity contribution is -0.137. The molecule has 0 aliphatic carbocycles. The third kappa shape index (κ3) is 8.58. The van der Waals surface area contributed by atoms with E-state index >= 15 is 4.39 Å². The van der Waals surface area contributed by atoms with Crippen LogP contribution >= 0.6 is 0 Å². The number of anilines is 1. The smallest absolute Gasteiger partial charge is 0.421 e. The zero-order valence-corrected chi connectivity index (χ0v) is 25.7. The molecule has 0 bridgehead atoms. The molecular formula is C30H35F4N4O5S. The molecule has 239 valence electrons. The Bertz CT molecular complexity index is 1560. The fourth-order valence-electron chi connectivity index (χ4n) is 4.53. The van der Waals surface area contributed by atoms with E-state index in [-0.39, 0.29) is 35.7 Å². The van der Waals surface area contributed by atoms with Crippen molar-refractivity contribution in [2.24, 2.45) is 0 Å². The van der Waals surface area contributed by atoms with E-state index in [0.29, 0.717) is 30.8 Å². The topological polar surface area (TPSA) is 111 Å². The fourth-order valence-corrected chi connectivity index (χ4v) is 5.40. The number of nitrogens with one attached hydrogen (secondary N) is 1. The number of amides is 2. The van der Waals surface area contributed by atoms with E-state index in [1.807, 2.05) is 6.92 Å². The highest BCUT2D eigenvalue weighted by Gasteiger charge is 2.36. The summed E-state index contributed by atoms with van der Waals surface area (Å²) in [5, 5.41) is 0. The lowest BCUT2D eigenvalue weighted by Crippen LogP contribution is -2.33. The average Bonchev–Trinajstić information content (AvgIpc) is 3.32. The first kappa shape index (κ1) is 34.5. The van der Waals surface area contributed by atoms with Crippen LogP contribution in [0.15, 0.2) is 53.4 Å². The Labute approximate surface area is 254 Å². The number of carbonyl (C=O) groups is 2.